The molecule has 2 atom stereocenters. The van der Waals surface area contributed by atoms with Crippen LogP contribution in [0, 0.1) is 11.8 Å². The van der Waals surface area contributed by atoms with Crippen LogP contribution >= 0.6 is 0 Å². The molecule has 0 aromatic heterocycles. The van der Waals surface area contributed by atoms with E-state index in [1.165, 1.54) is 19.3 Å². The van der Waals surface area contributed by atoms with Crippen LogP contribution in [0.1, 0.15) is 23.8 Å². The largest absolute Gasteiger partial charge is 0.469 e. The fourth-order valence-electron chi connectivity index (χ4n) is 1.06. The number of hydrogen-bond acceptors (Lipinski definition) is 2. The SMILES string of the molecule is [2H]C1([2H])C=CC([2H])(C)C(C(=O)OC)C1. The van der Waals surface area contributed by atoms with E-state index in [1.54, 1.807) is 6.92 Å². The van der Waals surface area contributed by atoms with Crippen molar-refractivity contribution in [2.45, 2.75) is 19.7 Å². The zero-order valence-electron chi connectivity index (χ0n) is 9.76. The second kappa shape index (κ2) is 3.56. The van der Waals surface area contributed by atoms with Gasteiger partial charge in [0.15, 0.2) is 0 Å². The number of ether oxygens (including phenoxy) is 1. The van der Waals surface area contributed by atoms with Crippen molar-refractivity contribution < 1.29 is 13.6 Å². The molecule has 2 heteroatoms. The van der Waals surface area contributed by atoms with Crippen molar-refractivity contribution in [1.82, 2.24) is 0 Å². The summed E-state index contributed by atoms with van der Waals surface area (Å²) >= 11 is 0. The van der Waals surface area contributed by atoms with Gasteiger partial charge in [-0.3, -0.25) is 4.79 Å². The lowest BCUT2D eigenvalue weighted by Crippen LogP contribution is -2.23. The van der Waals surface area contributed by atoms with Gasteiger partial charge >= 0.3 is 5.97 Å². The topological polar surface area (TPSA) is 26.3 Å². The number of carbonyl (C=O) groups excluding carboxylic acids is 1. The van der Waals surface area contributed by atoms with Gasteiger partial charge in [-0.15, -0.1) is 0 Å². The summed E-state index contributed by atoms with van der Waals surface area (Å²) in [7, 11) is 1.26. The molecule has 0 aromatic carbocycles. The Morgan fingerprint density at radius 3 is 3.27 bits per heavy atom. The number of rotatable bonds is 1. The Kier molecular flexibility index (Phi) is 1.61. The molecule has 62 valence electrons. The van der Waals surface area contributed by atoms with E-state index >= 15 is 0 Å². The smallest absolute Gasteiger partial charge is 0.309 e. The minimum Gasteiger partial charge on any atom is -0.469 e. The Bertz CT molecular complexity index is 271. The second-order valence-electron chi connectivity index (χ2n) is 2.56. The summed E-state index contributed by atoms with van der Waals surface area (Å²) < 4.78 is 27.4. The summed E-state index contributed by atoms with van der Waals surface area (Å²) in [6.45, 7) is 1.58. The Hall–Kier alpha value is -0.790. The standard InChI is InChI=1S/C9H14O2/c1-7-5-3-4-6-8(7)9(10)11-2/h3,5,7-8H,4,6H2,1-2H3/i4D2,7D. The van der Waals surface area contributed by atoms with Gasteiger partial charge in [0, 0.05) is 4.11 Å². The van der Waals surface area contributed by atoms with E-state index in [9.17, 15) is 4.79 Å². The van der Waals surface area contributed by atoms with Crippen molar-refractivity contribution >= 4 is 5.97 Å². The van der Waals surface area contributed by atoms with Gasteiger partial charge in [0.2, 0.25) is 0 Å². The van der Waals surface area contributed by atoms with Gasteiger partial charge in [-0.1, -0.05) is 19.1 Å². The number of esters is 1. The Morgan fingerprint density at radius 1 is 1.91 bits per heavy atom. The minimum absolute atomic E-state index is 0.0101. The zero-order chi connectivity index (χ0) is 11.0. The predicted octanol–water partition coefficient (Wildman–Crippen LogP) is 1.76. The highest BCUT2D eigenvalue weighted by Gasteiger charge is 2.25. The molecular formula is C9H14O2. The number of carbonyl (C=O) groups is 1. The van der Waals surface area contributed by atoms with Crippen molar-refractivity contribution in [3.8, 4) is 0 Å². The lowest BCUT2D eigenvalue weighted by Gasteiger charge is -2.21. The molecular weight excluding hydrogens is 140 g/mol. The van der Waals surface area contributed by atoms with E-state index in [4.69, 9.17) is 4.11 Å². The van der Waals surface area contributed by atoms with Crippen LogP contribution in [0.5, 0.6) is 0 Å². The Balaban J connectivity index is 2.95. The molecule has 1 rings (SSSR count). The molecule has 0 radical (unpaired) electrons. The van der Waals surface area contributed by atoms with Crippen LogP contribution < -0.4 is 0 Å². The van der Waals surface area contributed by atoms with Crippen molar-refractivity contribution in [1.29, 1.82) is 0 Å². The first-order valence-corrected chi connectivity index (χ1v) is 3.57. The summed E-state index contributed by atoms with van der Waals surface area (Å²) in [5.74, 6) is -2.32. The molecule has 0 aliphatic heterocycles. The average molecular weight is 157 g/mol. The van der Waals surface area contributed by atoms with Crippen LogP contribution in [0.4, 0.5) is 0 Å². The first kappa shape index (κ1) is 4.96. The van der Waals surface area contributed by atoms with Crippen LogP contribution in [0.15, 0.2) is 12.2 Å². The Labute approximate surface area is 71.5 Å². The zero-order valence-corrected chi connectivity index (χ0v) is 6.76. The molecule has 0 spiro atoms. The first-order valence-electron chi connectivity index (χ1n) is 5.07. The number of methoxy groups -OCH3 is 1. The maximum Gasteiger partial charge on any atom is 0.309 e. The van der Waals surface area contributed by atoms with Crippen molar-refractivity contribution in [3.63, 3.8) is 0 Å². The highest BCUT2D eigenvalue weighted by Crippen LogP contribution is 2.24. The summed E-state index contributed by atoms with van der Waals surface area (Å²) in [5, 5.41) is 0. The van der Waals surface area contributed by atoms with Crippen LogP contribution in [-0.2, 0) is 9.53 Å². The number of allylic oxidation sites excluding steroid dienone is 2. The van der Waals surface area contributed by atoms with Gasteiger partial charge in [0.1, 0.15) is 0 Å². The average Bonchev–Trinajstić information content (AvgIpc) is 2.09. The third kappa shape index (κ3) is 1.82. The predicted molar refractivity (Wildman–Crippen MR) is 43.0 cm³/mol. The van der Waals surface area contributed by atoms with Crippen molar-refractivity contribution in [2.75, 3.05) is 7.11 Å². The minimum atomic E-state index is -1.51. The molecule has 0 amide bonds. The van der Waals surface area contributed by atoms with Gasteiger partial charge < -0.3 is 4.74 Å². The molecule has 0 aromatic rings. The molecule has 0 saturated heterocycles. The first-order chi connectivity index (χ1) is 6.28. The highest BCUT2D eigenvalue weighted by molar-refractivity contribution is 5.73. The van der Waals surface area contributed by atoms with Gasteiger partial charge in [-0.2, -0.15) is 0 Å². The van der Waals surface area contributed by atoms with Crippen LogP contribution in [0.3, 0.4) is 0 Å². The van der Waals surface area contributed by atoms with E-state index in [1.807, 2.05) is 0 Å². The molecule has 2 unspecified atom stereocenters. The van der Waals surface area contributed by atoms with E-state index in [0.717, 1.165) is 0 Å². The van der Waals surface area contributed by atoms with Gasteiger partial charge in [0.25, 0.3) is 0 Å². The molecule has 2 nitrogen and oxygen atoms in total. The van der Waals surface area contributed by atoms with Gasteiger partial charge in [0.05, 0.1) is 13.0 Å². The lowest BCUT2D eigenvalue weighted by atomic mass is 9.85. The summed E-state index contributed by atoms with van der Waals surface area (Å²) in [6.07, 6.45) is 1.27. The lowest BCUT2D eigenvalue weighted by molar-refractivity contribution is -0.147. The molecule has 1 aliphatic rings. The highest BCUT2D eigenvalue weighted by atomic mass is 16.5. The van der Waals surface area contributed by atoms with Crippen LogP contribution in [0.2, 0.25) is 0 Å². The van der Waals surface area contributed by atoms with Crippen LogP contribution in [0.25, 0.3) is 0 Å². The molecule has 0 N–H and O–H groups in total. The van der Waals surface area contributed by atoms with Crippen molar-refractivity contribution in [2.24, 2.45) is 11.8 Å². The van der Waals surface area contributed by atoms with E-state index in [2.05, 4.69) is 4.74 Å². The molecule has 1 aliphatic carbocycles. The maximum absolute atomic E-state index is 11.3. The normalized spacial score (nSPS) is 45.3. The second-order valence-corrected chi connectivity index (χ2v) is 2.56. The molecule has 0 saturated carbocycles. The van der Waals surface area contributed by atoms with Crippen molar-refractivity contribution in [3.05, 3.63) is 12.2 Å². The Morgan fingerprint density at radius 2 is 2.64 bits per heavy atom. The third-order valence-electron chi connectivity index (χ3n) is 1.82. The summed E-state index contributed by atoms with van der Waals surface area (Å²) in [5.41, 5.74) is 0. The van der Waals surface area contributed by atoms with E-state index in [-0.39, 0.29) is 6.42 Å². The summed E-state index contributed by atoms with van der Waals surface area (Å²) in [6, 6.07) is 0. The quantitative estimate of drug-likeness (QED) is 0.428. The monoisotopic (exact) mass is 157 g/mol. The molecule has 11 heavy (non-hydrogen) atoms. The van der Waals surface area contributed by atoms with E-state index < -0.39 is 24.2 Å². The third-order valence-corrected chi connectivity index (χ3v) is 1.82. The van der Waals surface area contributed by atoms with Gasteiger partial charge in [-0.05, 0) is 18.7 Å². The molecule has 0 heterocycles. The van der Waals surface area contributed by atoms with E-state index in [0.29, 0.717) is 0 Å². The van der Waals surface area contributed by atoms with Gasteiger partial charge in [-0.25, -0.2) is 0 Å². The van der Waals surface area contributed by atoms with Crippen LogP contribution in [-0.4, -0.2) is 13.1 Å². The fourth-order valence-corrected chi connectivity index (χ4v) is 1.06. The molecule has 0 bridgehead atoms. The molecule has 0 fully saturated rings. The fraction of sp³-hybridized carbons (Fsp3) is 0.667. The summed E-state index contributed by atoms with van der Waals surface area (Å²) in [4.78, 5) is 11.3. The number of hydrogen-bond donors (Lipinski definition) is 0. The maximum atomic E-state index is 11.3.